The second kappa shape index (κ2) is 5.06. The molecule has 3 rings (SSSR count). The smallest absolute Gasteiger partial charge is 0.0751 e. The number of fused-ring (bicyclic) bond motifs is 1. The monoisotopic (exact) mass is 253 g/mol. The van der Waals surface area contributed by atoms with Crippen molar-refractivity contribution in [2.75, 3.05) is 11.9 Å². The summed E-state index contributed by atoms with van der Waals surface area (Å²) in [4.78, 5) is 0. The molecule has 0 aromatic heterocycles. The fourth-order valence-corrected chi connectivity index (χ4v) is 2.60. The molecule has 2 nitrogen and oxygen atoms in total. The summed E-state index contributed by atoms with van der Waals surface area (Å²) >= 11 is 0. The van der Waals surface area contributed by atoms with Crippen LogP contribution in [0.4, 0.5) is 5.69 Å². The number of rotatable bonds is 2. The lowest BCUT2D eigenvalue weighted by Crippen LogP contribution is -2.23. The number of ether oxygens (including phenoxy) is 1. The Bertz CT molecular complexity index is 592. The number of hydrogen-bond donors (Lipinski definition) is 1. The van der Waals surface area contributed by atoms with Gasteiger partial charge in [-0.25, -0.2) is 0 Å². The summed E-state index contributed by atoms with van der Waals surface area (Å²) in [5, 5.41) is 3.62. The molecule has 2 heteroatoms. The topological polar surface area (TPSA) is 21.3 Å². The second-order valence-electron chi connectivity index (χ2n) is 5.16. The lowest BCUT2D eigenvalue weighted by molar-refractivity contribution is 0.0970. The van der Waals surface area contributed by atoms with E-state index in [0.29, 0.717) is 0 Å². The summed E-state index contributed by atoms with van der Waals surface area (Å²) in [6, 6.07) is 15.1. The fraction of sp³-hybridized carbons (Fsp3) is 0.294. The zero-order valence-corrected chi connectivity index (χ0v) is 11.4. The Morgan fingerprint density at radius 2 is 1.89 bits per heavy atom. The van der Waals surface area contributed by atoms with Gasteiger partial charge in [-0.3, -0.25) is 0 Å². The van der Waals surface area contributed by atoms with Crippen LogP contribution in [-0.2, 0) is 11.3 Å². The SMILES string of the molecule is Cc1cccc(NC2COCc3ccccc32)c1C. The average Bonchev–Trinajstić information content (AvgIpc) is 2.44. The van der Waals surface area contributed by atoms with Crippen LogP contribution in [0.5, 0.6) is 0 Å². The van der Waals surface area contributed by atoms with Crippen molar-refractivity contribution < 1.29 is 4.74 Å². The predicted molar refractivity (Wildman–Crippen MR) is 78.4 cm³/mol. The van der Waals surface area contributed by atoms with E-state index in [1.807, 2.05) is 0 Å². The highest BCUT2D eigenvalue weighted by molar-refractivity contribution is 5.55. The van der Waals surface area contributed by atoms with E-state index in [1.165, 1.54) is 27.9 Å². The molecular weight excluding hydrogens is 234 g/mol. The van der Waals surface area contributed by atoms with Gasteiger partial charge in [0.15, 0.2) is 0 Å². The van der Waals surface area contributed by atoms with Crippen LogP contribution >= 0.6 is 0 Å². The second-order valence-corrected chi connectivity index (χ2v) is 5.16. The maximum atomic E-state index is 5.69. The Labute approximate surface area is 114 Å². The van der Waals surface area contributed by atoms with Gasteiger partial charge < -0.3 is 10.1 Å². The van der Waals surface area contributed by atoms with E-state index in [0.717, 1.165) is 13.2 Å². The lowest BCUT2D eigenvalue weighted by Gasteiger charge is -2.28. The molecule has 1 N–H and O–H groups in total. The average molecular weight is 253 g/mol. The summed E-state index contributed by atoms with van der Waals surface area (Å²) in [5.41, 5.74) is 6.47. The van der Waals surface area contributed by atoms with Gasteiger partial charge in [0.2, 0.25) is 0 Å². The van der Waals surface area contributed by atoms with Gasteiger partial charge >= 0.3 is 0 Å². The van der Waals surface area contributed by atoms with Crippen molar-refractivity contribution >= 4 is 5.69 Å². The predicted octanol–water partition coefficient (Wildman–Crippen LogP) is 3.99. The van der Waals surface area contributed by atoms with E-state index in [2.05, 4.69) is 61.6 Å². The molecule has 98 valence electrons. The van der Waals surface area contributed by atoms with Gasteiger partial charge in [0.25, 0.3) is 0 Å². The molecule has 0 saturated heterocycles. The highest BCUT2D eigenvalue weighted by Gasteiger charge is 2.20. The Balaban J connectivity index is 1.91. The van der Waals surface area contributed by atoms with Crippen molar-refractivity contribution in [3.05, 3.63) is 64.7 Å². The van der Waals surface area contributed by atoms with Crippen molar-refractivity contribution in [2.45, 2.75) is 26.5 Å². The molecule has 1 aliphatic heterocycles. The Hall–Kier alpha value is -1.80. The van der Waals surface area contributed by atoms with Crippen molar-refractivity contribution in [3.8, 4) is 0 Å². The normalized spacial score (nSPS) is 17.9. The number of benzene rings is 2. The van der Waals surface area contributed by atoms with E-state index < -0.39 is 0 Å². The third-order valence-corrected chi connectivity index (χ3v) is 3.91. The van der Waals surface area contributed by atoms with Gasteiger partial charge in [-0.2, -0.15) is 0 Å². The van der Waals surface area contributed by atoms with Gasteiger partial charge in [-0.05, 0) is 42.2 Å². The van der Waals surface area contributed by atoms with Gasteiger partial charge in [-0.15, -0.1) is 0 Å². The first-order valence-electron chi connectivity index (χ1n) is 6.74. The first-order chi connectivity index (χ1) is 9.25. The van der Waals surface area contributed by atoms with E-state index >= 15 is 0 Å². The van der Waals surface area contributed by atoms with Gasteiger partial charge in [0.1, 0.15) is 0 Å². The molecule has 0 aliphatic carbocycles. The molecule has 0 amide bonds. The van der Waals surface area contributed by atoms with Crippen molar-refractivity contribution in [1.29, 1.82) is 0 Å². The lowest BCUT2D eigenvalue weighted by atomic mass is 9.98. The first-order valence-corrected chi connectivity index (χ1v) is 6.74. The van der Waals surface area contributed by atoms with E-state index in [9.17, 15) is 0 Å². The number of hydrogen-bond acceptors (Lipinski definition) is 2. The molecule has 1 aliphatic rings. The Kier molecular flexibility index (Phi) is 3.26. The molecule has 2 aromatic rings. The maximum absolute atomic E-state index is 5.69. The number of aryl methyl sites for hydroxylation is 1. The van der Waals surface area contributed by atoms with Crippen LogP contribution in [0.2, 0.25) is 0 Å². The first kappa shape index (κ1) is 12.2. The molecule has 0 radical (unpaired) electrons. The largest absolute Gasteiger partial charge is 0.376 e. The molecule has 0 fully saturated rings. The third-order valence-electron chi connectivity index (χ3n) is 3.91. The van der Waals surface area contributed by atoms with Gasteiger partial charge in [0, 0.05) is 5.69 Å². The van der Waals surface area contributed by atoms with Crippen molar-refractivity contribution in [2.24, 2.45) is 0 Å². The van der Waals surface area contributed by atoms with Crippen LogP contribution in [0.15, 0.2) is 42.5 Å². The molecule has 1 unspecified atom stereocenters. The van der Waals surface area contributed by atoms with Gasteiger partial charge in [0.05, 0.1) is 19.3 Å². The zero-order valence-electron chi connectivity index (χ0n) is 11.4. The minimum Gasteiger partial charge on any atom is -0.376 e. The van der Waals surface area contributed by atoms with Crippen LogP contribution < -0.4 is 5.32 Å². The quantitative estimate of drug-likeness (QED) is 0.874. The molecule has 1 heterocycles. The van der Waals surface area contributed by atoms with Crippen LogP contribution in [0.25, 0.3) is 0 Å². The molecule has 1 atom stereocenters. The summed E-state index contributed by atoms with van der Waals surface area (Å²) in [5.74, 6) is 0. The molecule has 0 spiro atoms. The Morgan fingerprint density at radius 1 is 1.05 bits per heavy atom. The molecule has 0 saturated carbocycles. The summed E-state index contributed by atoms with van der Waals surface area (Å²) < 4.78 is 5.69. The number of anilines is 1. The third kappa shape index (κ3) is 2.36. The fourth-order valence-electron chi connectivity index (χ4n) is 2.60. The van der Waals surface area contributed by atoms with Crippen molar-refractivity contribution in [3.63, 3.8) is 0 Å². The van der Waals surface area contributed by atoms with Crippen LogP contribution in [0, 0.1) is 13.8 Å². The maximum Gasteiger partial charge on any atom is 0.0751 e. The standard InChI is InChI=1S/C17H19NO/c1-12-6-5-9-16(13(12)2)18-17-11-19-10-14-7-3-4-8-15(14)17/h3-9,17-18H,10-11H2,1-2H3. The Morgan fingerprint density at radius 3 is 2.79 bits per heavy atom. The highest BCUT2D eigenvalue weighted by Crippen LogP contribution is 2.29. The van der Waals surface area contributed by atoms with Crippen LogP contribution in [0.1, 0.15) is 28.3 Å². The highest BCUT2D eigenvalue weighted by atomic mass is 16.5. The minimum absolute atomic E-state index is 0.241. The van der Waals surface area contributed by atoms with Gasteiger partial charge in [-0.1, -0.05) is 36.4 Å². The summed E-state index contributed by atoms with van der Waals surface area (Å²) in [6.07, 6.45) is 0. The molecule has 0 bridgehead atoms. The molecular formula is C17H19NO. The van der Waals surface area contributed by atoms with Crippen LogP contribution in [-0.4, -0.2) is 6.61 Å². The minimum atomic E-state index is 0.241. The van der Waals surface area contributed by atoms with E-state index in [-0.39, 0.29) is 6.04 Å². The van der Waals surface area contributed by atoms with Crippen molar-refractivity contribution in [1.82, 2.24) is 0 Å². The number of nitrogens with one attached hydrogen (secondary N) is 1. The molecule has 19 heavy (non-hydrogen) atoms. The van der Waals surface area contributed by atoms with Crippen LogP contribution in [0.3, 0.4) is 0 Å². The summed E-state index contributed by atoms with van der Waals surface area (Å²) in [7, 11) is 0. The molecule has 2 aromatic carbocycles. The van der Waals surface area contributed by atoms with E-state index in [1.54, 1.807) is 0 Å². The van der Waals surface area contributed by atoms with E-state index in [4.69, 9.17) is 4.74 Å². The zero-order chi connectivity index (χ0) is 13.2. The summed E-state index contributed by atoms with van der Waals surface area (Å²) in [6.45, 7) is 5.75.